The van der Waals surface area contributed by atoms with Crippen molar-refractivity contribution >= 4 is 23.6 Å². The molecule has 2 saturated heterocycles. The van der Waals surface area contributed by atoms with Gasteiger partial charge in [-0.3, -0.25) is 29.4 Å². The summed E-state index contributed by atoms with van der Waals surface area (Å²) < 4.78 is 0. The number of nitrogens with zero attached hydrogens (tertiary/aromatic N) is 1. The minimum Gasteiger partial charge on any atom is -0.316 e. The molecule has 29 heavy (non-hydrogen) atoms. The van der Waals surface area contributed by atoms with Crippen LogP contribution in [0.2, 0.25) is 0 Å². The van der Waals surface area contributed by atoms with Crippen molar-refractivity contribution < 1.29 is 19.2 Å². The first kappa shape index (κ1) is 18.4. The maximum atomic E-state index is 13.1. The van der Waals surface area contributed by atoms with Crippen LogP contribution in [0.4, 0.5) is 0 Å². The predicted molar refractivity (Wildman–Crippen MR) is 103 cm³/mol. The molecule has 0 radical (unpaired) electrons. The fourth-order valence-electron chi connectivity index (χ4n) is 5.37. The highest BCUT2D eigenvalue weighted by molar-refractivity contribution is 6.24. The van der Waals surface area contributed by atoms with Crippen molar-refractivity contribution in [1.82, 2.24) is 20.9 Å². The van der Waals surface area contributed by atoms with Gasteiger partial charge in [0.25, 0.3) is 11.8 Å². The van der Waals surface area contributed by atoms with Gasteiger partial charge in [-0.2, -0.15) is 0 Å². The quantitative estimate of drug-likeness (QED) is 0.627. The Labute approximate surface area is 168 Å². The van der Waals surface area contributed by atoms with Crippen molar-refractivity contribution in [3.05, 3.63) is 34.9 Å². The molecule has 0 spiro atoms. The maximum Gasteiger partial charge on any atom is 0.262 e. The number of hydrogen-bond donors (Lipinski definition) is 3. The van der Waals surface area contributed by atoms with Gasteiger partial charge in [-0.25, -0.2) is 0 Å². The standard InChI is InChI=1S/C21H24N4O4/c26-17-7-6-16(19(27)24-17)25-20(28)13-3-1-2-12(18(13)21(25)29)9-23-15-5-4-11-8-22-10-14(11)15/h1-3,11,14-16,22-23H,4-10H2,(H,24,26,27). The number of hydrogen-bond acceptors (Lipinski definition) is 6. The average molecular weight is 396 g/mol. The lowest BCUT2D eigenvalue weighted by Gasteiger charge is -2.27. The Balaban J connectivity index is 1.36. The van der Waals surface area contributed by atoms with Gasteiger partial charge in [0, 0.05) is 19.0 Å². The number of fused-ring (bicyclic) bond motifs is 2. The summed E-state index contributed by atoms with van der Waals surface area (Å²) in [6, 6.07) is 4.76. The summed E-state index contributed by atoms with van der Waals surface area (Å²) in [6.07, 6.45) is 2.63. The molecule has 8 nitrogen and oxygen atoms in total. The van der Waals surface area contributed by atoms with Crippen LogP contribution in [0.1, 0.15) is 52.0 Å². The van der Waals surface area contributed by atoms with E-state index in [4.69, 9.17) is 0 Å². The minimum absolute atomic E-state index is 0.122. The van der Waals surface area contributed by atoms with Crippen LogP contribution in [0.5, 0.6) is 0 Å². The number of carbonyl (C=O) groups is 4. The van der Waals surface area contributed by atoms with Crippen LogP contribution < -0.4 is 16.0 Å². The molecule has 8 heteroatoms. The molecule has 1 aromatic rings. The molecule has 1 saturated carbocycles. The largest absolute Gasteiger partial charge is 0.316 e. The third-order valence-electron chi connectivity index (χ3n) is 6.87. The lowest BCUT2D eigenvalue weighted by atomic mass is 9.97. The van der Waals surface area contributed by atoms with Gasteiger partial charge in [0.05, 0.1) is 11.1 Å². The molecule has 0 bridgehead atoms. The molecule has 3 N–H and O–H groups in total. The second kappa shape index (κ2) is 7.03. The highest BCUT2D eigenvalue weighted by Crippen LogP contribution is 2.35. The van der Waals surface area contributed by atoms with Gasteiger partial charge >= 0.3 is 0 Å². The van der Waals surface area contributed by atoms with Crippen LogP contribution >= 0.6 is 0 Å². The maximum absolute atomic E-state index is 13.1. The Kier molecular flexibility index (Phi) is 4.48. The number of benzene rings is 1. The van der Waals surface area contributed by atoms with Crippen LogP contribution in [0, 0.1) is 11.8 Å². The van der Waals surface area contributed by atoms with E-state index >= 15 is 0 Å². The van der Waals surface area contributed by atoms with E-state index in [1.54, 1.807) is 12.1 Å². The second-order valence-corrected chi connectivity index (χ2v) is 8.43. The molecule has 1 aromatic carbocycles. The van der Waals surface area contributed by atoms with Crippen molar-refractivity contribution in [3.63, 3.8) is 0 Å². The van der Waals surface area contributed by atoms with Crippen LogP contribution in [-0.4, -0.2) is 53.7 Å². The van der Waals surface area contributed by atoms with E-state index in [0.29, 0.717) is 29.6 Å². The molecule has 5 rings (SSSR count). The number of piperidine rings is 1. The molecule has 3 heterocycles. The second-order valence-electron chi connectivity index (χ2n) is 8.43. The van der Waals surface area contributed by atoms with Crippen LogP contribution in [0.3, 0.4) is 0 Å². The molecule has 4 aliphatic rings. The van der Waals surface area contributed by atoms with E-state index < -0.39 is 23.8 Å². The highest BCUT2D eigenvalue weighted by atomic mass is 16.2. The average Bonchev–Trinajstić information content (AvgIpc) is 3.37. The van der Waals surface area contributed by atoms with Crippen LogP contribution in [0.25, 0.3) is 0 Å². The van der Waals surface area contributed by atoms with Gasteiger partial charge in [0.2, 0.25) is 11.8 Å². The molecule has 4 unspecified atom stereocenters. The third kappa shape index (κ3) is 2.98. The van der Waals surface area contributed by atoms with Crippen molar-refractivity contribution in [2.24, 2.45) is 11.8 Å². The Hall–Kier alpha value is -2.58. The fourth-order valence-corrected chi connectivity index (χ4v) is 5.37. The summed E-state index contributed by atoms with van der Waals surface area (Å²) in [5.41, 5.74) is 1.50. The number of rotatable bonds is 4. The molecule has 1 aliphatic carbocycles. The first-order chi connectivity index (χ1) is 14.0. The first-order valence-corrected chi connectivity index (χ1v) is 10.3. The number of amides is 4. The highest BCUT2D eigenvalue weighted by Gasteiger charge is 2.45. The Morgan fingerprint density at radius 1 is 1.03 bits per heavy atom. The van der Waals surface area contributed by atoms with Gasteiger partial charge in [-0.05, 0) is 55.8 Å². The zero-order valence-electron chi connectivity index (χ0n) is 16.1. The predicted octanol–water partition coefficient (Wildman–Crippen LogP) is 0.175. The summed E-state index contributed by atoms with van der Waals surface area (Å²) in [4.78, 5) is 50.7. The zero-order chi connectivity index (χ0) is 20.1. The van der Waals surface area contributed by atoms with Gasteiger partial charge in [0.1, 0.15) is 6.04 Å². The topological polar surface area (TPSA) is 108 Å². The van der Waals surface area contributed by atoms with E-state index in [0.717, 1.165) is 35.9 Å². The number of carbonyl (C=O) groups excluding carboxylic acids is 4. The molecule has 3 fully saturated rings. The van der Waals surface area contributed by atoms with E-state index in [2.05, 4.69) is 16.0 Å². The summed E-state index contributed by atoms with van der Waals surface area (Å²) in [5, 5.41) is 9.28. The fraction of sp³-hybridized carbons (Fsp3) is 0.524. The summed E-state index contributed by atoms with van der Waals surface area (Å²) in [5.74, 6) is -0.513. The van der Waals surface area contributed by atoms with Crippen molar-refractivity contribution in [2.75, 3.05) is 13.1 Å². The molecular weight excluding hydrogens is 372 g/mol. The normalized spacial score (nSPS) is 31.2. The van der Waals surface area contributed by atoms with E-state index in [-0.39, 0.29) is 18.7 Å². The van der Waals surface area contributed by atoms with Crippen molar-refractivity contribution in [2.45, 2.75) is 44.3 Å². The van der Waals surface area contributed by atoms with E-state index in [9.17, 15) is 19.2 Å². The van der Waals surface area contributed by atoms with Crippen molar-refractivity contribution in [3.8, 4) is 0 Å². The van der Waals surface area contributed by atoms with Crippen LogP contribution in [0.15, 0.2) is 18.2 Å². The van der Waals surface area contributed by atoms with Gasteiger partial charge < -0.3 is 10.6 Å². The molecule has 3 aliphatic heterocycles. The SMILES string of the molecule is O=C1CCC(N2C(=O)c3cccc(CNC4CCC5CNCC54)c3C2=O)C(=O)N1. The Morgan fingerprint density at radius 2 is 1.90 bits per heavy atom. The van der Waals surface area contributed by atoms with Crippen molar-refractivity contribution in [1.29, 1.82) is 0 Å². The smallest absolute Gasteiger partial charge is 0.262 e. The Morgan fingerprint density at radius 3 is 2.72 bits per heavy atom. The molecule has 4 amide bonds. The minimum atomic E-state index is -0.930. The lowest BCUT2D eigenvalue weighted by Crippen LogP contribution is -2.54. The van der Waals surface area contributed by atoms with E-state index in [1.165, 1.54) is 6.42 Å². The summed E-state index contributed by atoms with van der Waals surface area (Å²) in [7, 11) is 0. The zero-order valence-corrected chi connectivity index (χ0v) is 16.1. The Bertz CT molecular complexity index is 914. The monoisotopic (exact) mass is 396 g/mol. The number of imide groups is 2. The molecular formula is C21H24N4O4. The molecule has 4 atom stereocenters. The van der Waals surface area contributed by atoms with Gasteiger partial charge in [-0.1, -0.05) is 12.1 Å². The lowest BCUT2D eigenvalue weighted by molar-refractivity contribution is -0.136. The van der Waals surface area contributed by atoms with Gasteiger partial charge in [-0.15, -0.1) is 0 Å². The summed E-state index contributed by atoms with van der Waals surface area (Å²) in [6.45, 7) is 2.62. The van der Waals surface area contributed by atoms with Crippen LogP contribution in [-0.2, 0) is 16.1 Å². The van der Waals surface area contributed by atoms with Gasteiger partial charge in [0.15, 0.2) is 0 Å². The van der Waals surface area contributed by atoms with E-state index in [1.807, 2.05) is 6.07 Å². The third-order valence-corrected chi connectivity index (χ3v) is 6.87. The summed E-state index contributed by atoms with van der Waals surface area (Å²) >= 11 is 0. The first-order valence-electron chi connectivity index (χ1n) is 10.3. The molecule has 0 aromatic heterocycles. The molecule has 152 valence electrons. The number of nitrogens with one attached hydrogen (secondary N) is 3.